The summed E-state index contributed by atoms with van der Waals surface area (Å²) in [5, 5.41) is 6.48. The van der Waals surface area contributed by atoms with Crippen LogP contribution in [0.1, 0.15) is 46.9 Å². The maximum atomic E-state index is 13.1. The van der Waals surface area contributed by atoms with Gasteiger partial charge in [-0.1, -0.05) is 0 Å². The Hall–Kier alpha value is -2.45. The molecule has 0 bridgehead atoms. The van der Waals surface area contributed by atoms with Gasteiger partial charge in [-0.15, -0.1) is 0 Å². The van der Waals surface area contributed by atoms with Crippen LogP contribution >= 0.6 is 0 Å². The van der Waals surface area contributed by atoms with Crippen LogP contribution in [0.3, 0.4) is 0 Å². The van der Waals surface area contributed by atoms with Gasteiger partial charge in [-0.2, -0.15) is 18.3 Å². The first-order valence-electron chi connectivity index (χ1n) is 8.17. The van der Waals surface area contributed by atoms with Crippen LogP contribution in [0.5, 0.6) is 0 Å². The fraction of sp³-hybridized carbons (Fsp3) is 0.500. The molecule has 0 spiro atoms. The molecule has 0 aliphatic heterocycles. The highest BCUT2D eigenvalue weighted by atomic mass is 19.4. The van der Waals surface area contributed by atoms with Crippen molar-refractivity contribution in [3.05, 3.63) is 35.5 Å². The van der Waals surface area contributed by atoms with E-state index in [-0.39, 0.29) is 18.5 Å². The zero-order chi connectivity index (χ0) is 17.4. The molecular formula is C16H14F3N5O. The monoisotopic (exact) mass is 349 g/mol. The van der Waals surface area contributed by atoms with Crippen molar-refractivity contribution < 1.29 is 18.0 Å². The standard InChI is InChI=1S/C16H14F3N5O/c17-16(18,19)15(1-2-15)22-14(25)12-10-6-8-5-9(8)13(10)24(23-12)11-7-20-3-4-21-11/h3-4,7-9H,1-2,5-6H2,(H,22,25). The third-order valence-corrected chi connectivity index (χ3v) is 5.39. The van der Waals surface area contributed by atoms with Gasteiger partial charge in [0.25, 0.3) is 5.91 Å². The van der Waals surface area contributed by atoms with Crippen molar-refractivity contribution in [2.24, 2.45) is 5.92 Å². The highest BCUT2D eigenvalue weighted by Crippen LogP contribution is 2.57. The number of rotatable bonds is 3. The largest absolute Gasteiger partial charge is 0.411 e. The lowest BCUT2D eigenvalue weighted by atomic mass is 10.1. The van der Waals surface area contributed by atoms with Gasteiger partial charge < -0.3 is 5.32 Å². The predicted molar refractivity (Wildman–Crippen MR) is 79.2 cm³/mol. The minimum absolute atomic E-state index is 0.0828. The van der Waals surface area contributed by atoms with Gasteiger partial charge >= 0.3 is 6.18 Å². The number of amides is 1. The molecule has 0 aromatic carbocycles. The second kappa shape index (κ2) is 4.59. The fourth-order valence-electron chi connectivity index (χ4n) is 3.75. The topological polar surface area (TPSA) is 72.7 Å². The molecule has 2 atom stereocenters. The first kappa shape index (κ1) is 14.9. The fourth-order valence-corrected chi connectivity index (χ4v) is 3.75. The van der Waals surface area contributed by atoms with E-state index >= 15 is 0 Å². The molecule has 5 rings (SSSR count). The lowest BCUT2D eigenvalue weighted by molar-refractivity contribution is -0.163. The molecule has 2 fully saturated rings. The van der Waals surface area contributed by atoms with E-state index in [0.717, 1.165) is 17.7 Å². The average Bonchev–Trinajstić information content (AvgIpc) is 3.45. The van der Waals surface area contributed by atoms with Gasteiger partial charge in [-0.25, -0.2) is 9.67 Å². The molecule has 6 nitrogen and oxygen atoms in total. The number of aromatic nitrogens is 4. The number of alkyl halides is 3. The zero-order valence-electron chi connectivity index (χ0n) is 13.0. The summed E-state index contributed by atoms with van der Waals surface area (Å²) in [6.45, 7) is 0. The van der Waals surface area contributed by atoms with Crippen LogP contribution in [0.15, 0.2) is 18.6 Å². The lowest BCUT2D eigenvalue weighted by Crippen LogP contribution is -2.48. The van der Waals surface area contributed by atoms with Gasteiger partial charge in [0.1, 0.15) is 5.54 Å². The molecule has 3 aliphatic carbocycles. The molecule has 2 unspecified atom stereocenters. The van der Waals surface area contributed by atoms with Gasteiger partial charge in [0.15, 0.2) is 11.5 Å². The molecule has 2 aromatic heterocycles. The first-order chi connectivity index (χ1) is 11.9. The van der Waals surface area contributed by atoms with Crippen LogP contribution in [0.4, 0.5) is 13.2 Å². The first-order valence-corrected chi connectivity index (χ1v) is 8.17. The van der Waals surface area contributed by atoms with Crippen molar-refractivity contribution in [2.45, 2.75) is 43.3 Å². The van der Waals surface area contributed by atoms with Crippen LogP contribution in [0.25, 0.3) is 5.82 Å². The third kappa shape index (κ3) is 2.11. The van der Waals surface area contributed by atoms with E-state index in [2.05, 4.69) is 20.4 Å². The van der Waals surface area contributed by atoms with Gasteiger partial charge in [-0.3, -0.25) is 9.78 Å². The van der Waals surface area contributed by atoms with Crippen molar-refractivity contribution >= 4 is 5.91 Å². The zero-order valence-corrected chi connectivity index (χ0v) is 13.0. The van der Waals surface area contributed by atoms with Crippen molar-refractivity contribution in [3.8, 4) is 5.82 Å². The second-order valence-electron chi connectivity index (χ2n) is 7.03. The molecule has 0 saturated heterocycles. The number of nitrogens with one attached hydrogen (secondary N) is 1. The van der Waals surface area contributed by atoms with Crippen molar-refractivity contribution in [1.82, 2.24) is 25.1 Å². The Morgan fingerprint density at radius 3 is 2.76 bits per heavy atom. The molecule has 0 radical (unpaired) electrons. The second-order valence-corrected chi connectivity index (χ2v) is 7.03. The number of halogens is 3. The number of carbonyl (C=O) groups excluding carboxylic acids is 1. The molecule has 130 valence electrons. The molecule has 2 heterocycles. The maximum absolute atomic E-state index is 13.1. The Balaban J connectivity index is 1.53. The van der Waals surface area contributed by atoms with Gasteiger partial charge in [0, 0.05) is 23.9 Å². The third-order valence-electron chi connectivity index (χ3n) is 5.39. The van der Waals surface area contributed by atoms with Gasteiger partial charge in [-0.05, 0) is 31.6 Å². The van der Waals surface area contributed by atoms with Crippen LogP contribution in [-0.4, -0.2) is 37.4 Å². The summed E-state index contributed by atoms with van der Waals surface area (Å²) in [5.74, 6) is 0.487. The molecule has 9 heteroatoms. The Kier molecular flexibility index (Phi) is 2.72. The van der Waals surface area contributed by atoms with E-state index < -0.39 is 17.6 Å². The summed E-state index contributed by atoms with van der Waals surface area (Å²) < 4.78 is 41.0. The molecule has 3 aliphatic rings. The predicted octanol–water partition coefficient (Wildman–Crippen LogP) is 2.15. The summed E-state index contributed by atoms with van der Waals surface area (Å²) >= 11 is 0. The molecular weight excluding hydrogens is 335 g/mol. The van der Waals surface area contributed by atoms with Crippen molar-refractivity contribution in [3.63, 3.8) is 0 Å². The van der Waals surface area contributed by atoms with E-state index in [1.165, 1.54) is 18.6 Å². The average molecular weight is 349 g/mol. The minimum atomic E-state index is -4.44. The molecule has 2 aromatic rings. The Labute approximate surface area is 140 Å². The van der Waals surface area contributed by atoms with E-state index in [9.17, 15) is 18.0 Å². The Bertz CT molecular complexity index is 872. The summed E-state index contributed by atoms with van der Waals surface area (Å²) in [5.41, 5.74) is -0.354. The summed E-state index contributed by atoms with van der Waals surface area (Å²) in [7, 11) is 0. The number of hydrogen-bond donors (Lipinski definition) is 1. The lowest BCUT2D eigenvalue weighted by Gasteiger charge is -2.20. The maximum Gasteiger partial charge on any atom is 0.411 e. The van der Waals surface area contributed by atoms with Crippen LogP contribution < -0.4 is 5.32 Å². The van der Waals surface area contributed by atoms with Crippen molar-refractivity contribution in [2.75, 3.05) is 0 Å². The highest BCUT2D eigenvalue weighted by molar-refractivity contribution is 5.95. The van der Waals surface area contributed by atoms with Crippen LogP contribution in [0.2, 0.25) is 0 Å². The van der Waals surface area contributed by atoms with E-state index in [4.69, 9.17) is 0 Å². The molecule has 1 amide bonds. The minimum Gasteiger partial charge on any atom is -0.336 e. The van der Waals surface area contributed by atoms with Gasteiger partial charge in [0.2, 0.25) is 0 Å². The molecule has 2 saturated carbocycles. The summed E-state index contributed by atoms with van der Waals surface area (Å²) in [4.78, 5) is 20.8. The Morgan fingerprint density at radius 2 is 2.12 bits per heavy atom. The van der Waals surface area contributed by atoms with E-state index in [1.54, 1.807) is 4.68 Å². The quantitative estimate of drug-likeness (QED) is 0.922. The Morgan fingerprint density at radius 1 is 1.32 bits per heavy atom. The van der Waals surface area contributed by atoms with Crippen molar-refractivity contribution in [1.29, 1.82) is 0 Å². The van der Waals surface area contributed by atoms with E-state index in [0.29, 0.717) is 24.1 Å². The summed E-state index contributed by atoms with van der Waals surface area (Å²) in [6, 6.07) is 0. The number of hydrogen-bond acceptors (Lipinski definition) is 4. The van der Waals surface area contributed by atoms with Crippen LogP contribution in [-0.2, 0) is 6.42 Å². The molecule has 25 heavy (non-hydrogen) atoms. The number of carbonyl (C=O) groups is 1. The van der Waals surface area contributed by atoms with Gasteiger partial charge in [0.05, 0.1) is 11.9 Å². The number of fused-ring (bicyclic) bond motifs is 3. The van der Waals surface area contributed by atoms with E-state index in [1.807, 2.05) is 0 Å². The smallest absolute Gasteiger partial charge is 0.336 e. The highest BCUT2D eigenvalue weighted by Gasteiger charge is 2.64. The number of nitrogens with zero attached hydrogens (tertiary/aromatic N) is 4. The molecule has 1 N–H and O–H groups in total. The normalized spacial score (nSPS) is 25.2. The van der Waals surface area contributed by atoms with Crippen LogP contribution in [0, 0.1) is 5.92 Å². The SMILES string of the molecule is O=C(NC1(C(F)(F)F)CC1)c1nn(-c2cnccn2)c2c1CC1CC21. The summed E-state index contributed by atoms with van der Waals surface area (Å²) in [6.07, 6.45) is 1.67.